The van der Waals surface area contributed by atoms with Gasteiger partial charge in [0.05, 0.1) is 5.69 Å². The van der Waals surface area contributed by atoms with Crippen LogP contribution in [-0.4, -0.2) is 25.5 Å². The van der Waals surface area contributed by atoms with E-state index >= 15 is 0 Å². The van der Waals surface area contributed by atoms with Gasteiger partial charge in [-0.05, 0) is 31.0 Å². The summed E-state index contributed by atoms with van der Waals surface area (Å²) in [5.41, 5.74) is -3.30. The van der Waals surface area contributed by atoms with Crippen molar-refractivity contribution in [2.45, 2.75) is 31.5 Å². The van der Waals surface area contributed by atoms with E-state index in [4.69, 9.17) is 27.9 Å². The van der Waals surface area contributed by atoms with E-state index in [9.17, 15) is 27.2 Å². The summed E-state index contributed by atoms with van der Waals surface area (Å²) in [5, 5.41) is -0.0257. The topological polar surface area (TPSA) is 65.6 Å². The van der Waals surface area contributed by atoms with E-state index in [2.05, 4.69) is 4.98 Å². The second kappa shape index (κ2) is 8.27. The zero-order valence-corrected chi connectivity index (χ0v) is 16.7. The number of alkyl halides is 4. The number of rotatable bonds is 5. The standard InChI is InChI=1S/C18H13Cl2F4N3O3/c1-9(19)30-16(29)3-2-10-6-13(12(21)7-11(10)20)27-15(28)8-14(18(22,23)24)26-5-4-25-17(26)27/h4-9H,2-3H2,1H3. The number of halogens is 6. The van der Waals surface area contributed by atoms with Crippen LogP contribution >= 0.6 is 23.2 Å². The number of aromatic nitrogens is 3. The third-order valence-corrected chi connectivity index (χ3v) is 4.54. The van der Waals surface area contributed by atoms with E-state index in [-0.39, 0.29) is 29.1 Å². The molecule has 3 rings (SSSR count). The minimum atomic E-state index is -4.82. The van der Waals surface area contributed by atoms with Crippen LogP contribution in [-0.2, 0) is 22.1 Å². The number of esters is 1. The Balaban J connectivity index is 2.10. The van der Waals surface area contributed by atoms with Crippen molar-refractivity contribution in [2.24, 2.45) is 0 Å². The number of hydrogen-bond acceptors (Lipinski definition) is 4. The molecule has 2 heterocycles. The average Bonchev–Trinajstić information content (AvgIpc) is 3.09. The number of fused-ring (bicyclic) bond motifs is 1. The van der Waals surface area contributed by atoms with Crippen molar-refractivity contribution in [1.29, 1.82) is 0 Å². The van der Waals surface area contributed by atoms with Crippen LogP contribution in [0.15, 0.2) is 35.4 Å². The fourth-order valence-corrected chi connectivity index (χ4v) is 3.21. The number of carbonyl (C=O) groups excluding carboxylic acids is 1. The number of nitrogens with zero attached hydrogens (tertiary/aromatic N) is 3. The van der Waals surface area contributed by atoms with Gasteiger partial charge in [-0.2, -0.15) is 13.2 Å². The number of carbonyl (C=O) groups is 1. The second-order valence-electron chi connectivity index (χ2n) is 6.23. The lowest BCUT2D eigenvalue weighted by molar-refractivity contribution is -0.145. The first kappa shape index (κ1) is 22.1. The molecule has 0 fully saturated rings. The first-order valence-electron chi connectivity index (χ1n) is 8.47. The molecule has 0 aliphatic heterocycles. The van der Waals surface area contributed by atoms with Gasteiger partial charge in [0.2, 0.25) is 5.78 Å². The van der Waals surface area contributed by atoms with Crippen LogP contribution in [0.2, 0.25) is 5.02 Å². The smallest absolute Gasteiger partial charge is 0.432 e. The molecular weight excluding hydrogens is 453 g/mol. The van der Waals surface area contributed by atoms with Crippen molar-refractivity contribution >= 4 is 34.9 Å². The third-order valence-electron chi connectivity index (χ3n) is 4.10. The third kappa shape index (κ3) is 4.44. The molecule has 0 aliphatic rings. The molecule has 3 aromatic rings. The Morgan fingerprint density at radius 2 is 2.00 bits per heavy atom. The molecule has 0 spiro atoms. The number of benzene rings is 1. The van der Waals surface area contributed by atoms with Crippen LogP contribution in [0.25, 0.3) is 11.5 Å². The van der Waals surface area contributed by atoms with Crippen molar-refractivity contribution in [3.63, 3.8) is 0 Å². The maximum atomic E-state index is 14.6. The van der Waals surface area contributed by atoms with Crippen LogP contribution in [0, 0.1) is 5.82 Å². The van der Waals surface area contributed by atoms with Gasteiger partial charge in [0.25, 0.3) is 5.56 Å². The van der Waals surface area contributed by atoms with Gasteiger partial charge in [0, 0.05) is 29.9 Å². The fourth-order valence-electron chi connectivity index (χ4n) is 2.86. The Kier molecular flexibility index (Phi) is 6.09. The molecule has 0 amide bonds. The van der Waals surface area contributed by atoms with Crippen molar-refractivity contribution in [3.8, 4) is 5.69 Å². The molecule has 1 unspecified atom stereocenters. The molecule has 6 nitrogen and oxygen atoms in total. The molecule has 0 saturated carbocycles. The molecule has 0 bridgehead atoms. The monoisotopic (exact) mass is 465 g/mol. The maximum absolute atomic E-state index is 14.6. The summed E-state index contributed by atoms with van der Waals surface area (Å²) in [4.78, 5) is 27.9. The largest absolute Gasteiger partial charge is 0.446 e. The summed E-state index contributed by atoms with van der Waals surface area (Å²) in [5.74, 6) is -2.01. The first-order chi connectivity index (χ1) is 14.0. The predicted molar refractivity (Wildman–Crippen MR) is 100 cm³/mol. The molecule has 2 aromatic heterocycles. The van der Waals surface area contributed by atoms with E-state index in [1.807, 2.05) is 0 Å². The van der Waals surface area contributed by atoms with Crippen LogP contribution in [0.1, 0.15) is 24.6 Å². The summed E-state index contributed by atoms with van der Waals surface area (Å²) in [7, 11) is 0. The zero-order valence-electron chi connectivity index (χ0n) is 15.2. The van der Waals surface area contributed by atoms with Crippen molar-refractivity contribution in [1.82, 2.24) is 14.0 Å². The Hall–Kier alpha value is -2.59. The van der Waals surface area contributed by atoms with Crippen molar-refractivity contribution in [3.05, 3.63) is 63.0 Å². The number of hydrogen-bond donors (Lipinski definition) is 0. The molecular formula is C18H13Cl2F4N3O3. The summed E-state index contributed by atoms with van der Waals surface area (Å²) in [6.07, 6.45) is -2.87. The lowest BCUT2D eigenvalue weighted by Gasteiger charge is -2.15. The van der Waals surface area contributed by atoms with Gasteiger partial charge < -0.3 is 4.74 Å². The lowest BCUT2D eigenvalue weighted by Crippen LogP contribution is -2.26. The highest BCUT2D eigenvalue weighted by Gasteiger charge is 2.35. The summed E-state index contributed by atoms with van der Waals surface area (Å²) in [6.45, 7) is 1.45. The highest BCUT2D eigenvalue weighted by Crippen LogP contribution is 2.30. The first-order valence-corrected chi connectivity index (χ1v) is 9.28. The number of imidazole rings is 1. The maximum Gasteiger partial charge on any atom is 0.432 e. The molecule has 0 saturated heterocycles. The fraction of sp³-hybridized carbons (Fsp3) is 0.278. The molecule has 0 N–H and O–H groups in total. The Morgan fingerprint density at radius 3 is 2.63 bits per heavy atom. The average molecular weight is 466 g/mol. The molecule has 12 heteroatoms. The van der Waals surface area contributed by atoms with E-state index < -0.39 is 40.6 Å². The highest BCUT2D eigenvalue weighted by atomic mass is 35.5. The Morgan fingerprint density at radius 1 is 1.30 bits per heavy atom. The quantitative estimate of drug-likeness (QED) is 0.319. The lowest BCUT2D eigenvalue weighted by atomic mass is 10.1. The zero-order chi connectivity index (χ0) is 22.2. The number of ether oxygens (including phenoxy) is 1. The summed E-state index contributed by atoms with van der Waals surface area (Å²) < 4.78 is 60.4. The van der Waals surface area contributed by atoms with Gasteiger partial charge in [-0.1, -0.05) is 23.2 Å². The molecule has 30 heavy (non-hydrogen) atoms. The van der Waals surface area contributed by atoms with Crippen LogP contribution in [0.4, 0.5) is 17.6 Å². The van der Waals surface area contributed by atoms with E-state index in [0.717, 1.165) is 18.5 Å². The second-order valence-corrected chi connectivity index (χ2v) is 7.25. The van der Waals surface area contributed by atoms with Crippen LogP contribution in [0.5, 0.6) is 0 Å². The number of aryl methyl sites for hydroxylation is 1. The van der Waals surface area contributed by atoms with E-state index in [1.165, 1.54) is 13.0 Å². The summed E-state index contributed by atoms with van der Waals surface area (Å²) in [6, 6.07) is 2.44. The van der Waals surface area contributed by atoms with E-state index in [0.29, 0.717) is 15.0 Å². The van der Waals surface area contributed by atoms with E-state index in [1.54, 1.807) is 0 Å². The predicted octanol–water partition coefficient (Wildman–Crippen LogP) is 4.36. The van der Waals surface area contributed by atoms with Gasteiger partial charge in [-0.3, -0.25) is 14.0 Å². The molecule has 1 aromatic carbocycles. The van der Waals surface area contributed by atoms with Crippen LogP contribution in [0.3, 0.4) is 0 Å². The van der Waals surface area contributed by atoms with Crippen molar-refractivity contribution < 1.29 is 27.1 Å². The normalized spacial score (nSPS) is 12.9. The summed E-state index contributed by atoms with van der Waals surface area (Å²) >= 11 is 11.6. The van der Waals surface area contributed by atoms with Gasteiger partial charge in [-0.25, -0.2) is 13.9 Å². The Labute approximate surface area is 176 Å². The molecule has 1 atom stereocenters. The van der Waals surface area contributed by atoms with Gasteiger partial charge in [0.15, 0.2) is 5.56 Å². The van der Waals surface area contributed by atoms with Crippen LogP contribution < -0.4 is 5.56 Å². The molecule has 160 valence electrons. The highest BCUT2D eigenvalue weighted by molar-refractivity contribution is 6.31. The molecule has 0 aliphatic carbocycles. The van der Waals surface area contributed by atoms with Gasteiger partial charge >= 0.3 is 12.1 Å². The van der Waals surface area contributed by atoms with Crippen molar-refractivity contribution in [2.75, 3.05) is 0 Å². The minimum absolute atomic E-state index is 0.0225. The Bertz CT molecular complexity index is 1170. The SMILES string of the molecule is CC(Cl)OC(=O)CCc1cc(-n2c(=O)cc(C(F)(F)F)n3ccnc23)c(F)cc1Cl. The van der Waals surface area contributed by atoms with Gasteiger partial charge in [-0.15, -0.1) is 0 Å². The van der Waals surface area contributed by atoms with Gasteiger partial charge in [0.1, 0.15) is 11.5 Å². The minimum Gasteiger partial charge on any atom is -0.446 e. The molecule has 0 radical (unpaired) electrons.